The van der Waals surface area contributed by atoms with E-state index >= 15 is 0 Å². The van der Waals surface area contributed by atoms with E-state index in [0.29, 0.717) is 47.9 Å². The Morgan fingerprint density at radius 3 is 2.24 bits per heavy atom. The van der Waals surface area contributed by atoms with Crippen LogP contribution >= 0.6 is 11.6 Å². The average Bonchev–Trinajstić information content (AvgIpc) is 3.21. The van der Waals surface area contributed by atoms with Gasteiger partial charge in [0.15, 0.2) is 14.9 Å². The monoisotopic (exact) mass is 498 g/mol. The maximum Gasteiger partial charge on any atom is 0.277 e. The molecule has 0 atom stereocenters. The maximum atomic E-state index is 13.6. The standard InChI is InChI=1S/C24H23ClN4O4S/c1-34(32,33)23-20-12-14-28(18-10-8-17(9-11-18)27-13-3-2-7-21(27)30)24(31)22(20)29(26-23)19-6-4-5-16(25)15-19/h4-6,8-11,15H,2-3,7,12-14H2,1H3. The largest absolute Gasteiger partial charge is 0.312 e. The van der Waals surface area contributed by atoms with Crippen molar-refractivity contribution >= 4 is 44.6 Å². The van der Waals surface area contributed by atoms with Gasteiger partial charge in [-0.2, -0.15) is 5.10 Å². The zero-order valence-corrected chi connectivity index (χ0v) is 20.1. The Kier molecular flexibility index (Phi) is 5.69. The summed E-state index contributed by atoms with van der Waals surface area (Å²) in [5, 5.41) is 4.68. The summed E-state index contributed by atoms with van der Waals surface area (Å²) >= 11 is 6.14. The molecule has 2 aliphatic heterocycles. The zero-order chi connectivity index (χ0) is 24.0. The van der Waals surface area contributed by atoms with Crippen molar-refractivity contribution in [3.8, 4) is 5.69 Å². The molecular weight excluding hydrogens is 476 g/mol. The smallest absolute Gasteiger partial charge is 0.277 e. The van der Waals surface area contributed by atoms with Crippen LogP contribution in [0.3, 0.4) is 0 Å². The summed E-state index contributed by atoms with van der Waals surface area (Å²) in [6.45, 7) is 1.01. The first-order valence-corrected chi connectivity index (χ1v) is 13.3. The lowest BCUT2D eigenvalue weighted by Crippen LogP contribution is -2.39. The molecule has 34 heavy (non-hydrogen) atoms. The second-order valence-electron chi connectivity index (χ2n) is 8.52. The molecule has 5 rings (SSSR count). The van der Waals surface area contributed by atoms with E-state index in [0.717, 1.165) is 24.8 Å². The average molecular weight is 499 g/mol. The fraction of sp³-hybridized carbons (Fsp3) is 0.292. The van der Waals surface area contributed by atoms with Gasteiger partial charge in [-0.3, -0.25) is 9.59 Å². The molecule has 0 spiro atoms. The van der Waals surface area contributed by atoms with Crippen LogP contribution in [-0.4, -0.2) is 49.4 Å². The van der Waals surface area contributed by atoms with E-state index < -0.39 is 9.84 Å². The maximum absolute atomic E-state index is 13.6. The van der Waals surface area contributed by atoms with Crippen molar-refractivity contribution in [2.75, 3.05) is 29.1 Å². The van der Waals surface area contributed by atoms with Gasteiger partial charge in [0.05, 0.1) is 5.69 Å². The summed E-state index contributed by atoms with van der Waals surface area (Å²) in [5.41, 5.74) is 2.61. The van der Waals surface area contributed by atoms with Crippen molar-refractivity contribution in [2.45, 2.75) is 30.7 Å². The lowest BCUT2D eigenvalue weighted by Gasteiger charge is -2.29. The number of hydrogen-bond acceptors (Lipinski definition) is 5. The van der Waals surface area contributed by atoms with E-state index in [1.165, 1.54) is 4.68 Å². The number of fused-ring (bicyclic) bond motifs is 1. The van der Waals surface area contributed by atoms with Gasteiger partial charge in [0, 0.05) is 47.7 Å². The Bertz CT molecular complexity index is 1400. The number of nitrogens with zero attached hydrogens (tertiary/aromatic N) is 4. The number of hydrogen-bond donors (Lipinski definition) is 0. The van der Waals surface area contributed by atoms with Crippen molar-refractivity contribution in [3.63, 3.8) is 0 Å². The van der Waals surface area contributed by atoms with Crippen molar-refractivity contribution in [1.29, 1.82) is 0 Å². The lowest BCUT2D eigenvalue weighted by atomic mass is 10.1. The van der Waals surface area contributed by atoms with Crippen molar-refractivity contribution in [2.24, 2.45) is 0 Å². The number of sulfone groups is 1. The Morgan fingerprint density at radius 1 is 0.882 bits per heavy atom. The summed E-state index contributed by atoms with van der Waals surface area (Å²) in [6, 6.07) is 14.1. The first-order valence-electron chi connectivity index (χ1n) is 11.0. The Balaban J connectivity index is 1.53. The topological polar surface area (TPSA) is 92.6 Å². The highest BCUT2D eigenvalue weighted by molar-refractivity contribution is 7.90. The fourth-order valence-corrected chi connectivity index (χ4v) is 5.62. The van der Waals surface area contributed by atoms with Gasteiger partial charge in [-0.1, -0.05) is 17.7 Å². The molecule has 3 aromatic rings. The number of rotatable bonds is 4. The van der Waals surface area contributed by atoms with E-state index in [-0.39, 0.29) is 22.5 Å². The summed E-state index contributed by atoms with van der Waals surface area (Å²) in [5.74, 6) is -0.234. The van der Waals surface area contributed by atoms with Crippen LogP contribution in [0.5, 0.6) is 0 Å². The molecule has 0 N–H and O–H groups in total. The van der Waals surface area contributed by atoms with Crippen LogP contribution in [0.2, 0.25) is 5.02 Å². The van der Waals surface area contributed by atoms with E-state index in [2.05, 4.69) is 5.10 Å². The third-order valence-electron chi connectivity index (χ3n) is 6.18. The summed E-state index contributed by atoms with van der Waals surface area (Å²) in [6.07, 6.45) is 3.86. The quantitative estimate of drug-likeness (QED) is 0.547. The molecule has 8 nitrogen and oxygen atoms in total. The number of anilines is 2. The number of halogens is 1. The second kappa shape index (κ2) is 8.56. The predicted molar refractivity (Wildman–Crippen MR) is 130 cm³/mol. The van der Waals surface area contributed by atoms with Crippen LogP contribution < -0.4 is 9.80 Å². The fourth-order valence-electron chi connectivity index (χ4n) is 4.56. The molecule has 0 radical (unpaired) electrons. The molecular formula is C24H23ClN4O4S. The molecule has 0 bridgehead atoms. The number of carbonyl (C=O) groups excluding carboxylic acids is 2. The van der Waals surface area contributed by atoms with Crippen molar-refractivity contribution in [1.82, 2.24) is 9.78 Å². The molecule has 0 aliphatic carbocycles. The van der Waals surface area contributed by atoms with Crippen LogP contribution in [0.4, 0.5) is 11.4 Å². The van der Waals surface area contributed by atoms with Gasteiger partial charge < -0.3 is 9.80 Å². The number of piperidine rings is 1. The van der Waals surface area contributed by atoms with Gasteiger partial charge in [0.25, 0.3) is 5.91 Å². The van der Waals surface area contributed by atoms with Crippen LogP contribution in [0.15, 0.2) is 53.6 Å². The third-order valence-corrected chi connectivity index (χ3v) is 7.45. The third kappa shape index (κ3) is 3.99. The van der Waals surface area contributed by atoms with Gasteiger partial charge in [-0.05, 0) is 61.7 Å². The predicted octanol–water partition coefficient (Wildman–Crippen LogP) is 3.65. The van der Waals surface area contributed by atoms with Crippen LogP contribution in [-0.2, 0) is 21.1 Å². The number of benzene rings is 2. The normalized spacial score (nSPS) is 16.6. The van der Waals surface area contributed by atoms with Crippen LogP contribution in [0.25, 0.3) is 5.69 Å². The minimum absolute atomic E-state index is 0.0885. The molecule has 1 aromatic heterocycles. The molecule has 1 fully saturated rings. The molecule has 0 saturated carbocycles. The first kappa shape index (κ1) is 22.6. The van der Waals surface area contributed by atoms with Gasteiger partial charge in [-0.15, -0.1) is 0 Å². The molecule has 3 heterocycles. The van der Waals surface area contributed by atoms with Crippen molar-refractivity contribution < 1.29 is 18.0 Å². The van der Waals surface area contributed by atoms with E-state index in [9.17, 15) is 18.0 Å². The first-order chi connectivity index (χ1) is 16.2. The number of aromatic nitrogens is 2. The highest BCUT2D eigenvalue weighted by Crippen LogP contribution is 2.32. The number of carbonyl (C=O) groups is 2. The lowest BCUT2D eigenvalue weighted by molar-refractivity contribution is -0.119. The summed E-state index contributed by atoms with van der Waals surface area (Å²) in [4.78, 5) is 29.3. The summed E-state index contributed by atoms with van der Waals surface area (Å²) in [7, 11) is -3.64. The van der Waals surface area contributed by atoms with Gasteiger partial charge in [-0.25, -0.2) is 13.1 Å². The van der Waals surface area contributed by atoms with Gasteiger partial charge in [0.2, 0.25) is 5.91 Å². The molecule has 1 saturated heterocycles. The van der Waals surface area contributed by atoms with E-state index in [1.54, 1.807) is 34.1 Å². The highest BCUT2D eigenvalue weighted by atomic mass is 35.5. The minimum atomic E-state index is -3.64. The van der Waals surface area contributed by atoms with E-state index in [1.807, 2.05) is 24.3 Å². The molecule has 2 aromatic carbocycles. The minimum Gasteiger partial charge on any atom is -0.312 e. The SMILES string of the molecule is CS(=O)(=O)c1nn(-c2cccc(Cl)c2)c2c1CCN(c1ccc(N3CCCCC3=O)cc1)C2=O. The molecule has 0 unspecified atom stereocenters. The van der Waals surface area contributed by atoms with Gasteiger partial charge >= 0.3 is 0 Å². The molecule has 176 valence electrons. The molecule has 2 aliphatic rings. The highest BCUT2D eigenvalue weighted by Gasteiger charge is 2.36. The molecule has 2 amide bonds. The number of amides is 2. The second-order valence-corrected chi connectivity index (χ2v) is 10.9. The Labute approximate surface area is 202 Å². The van der Waals surface area contributed by atoms with Crippen LogP contribution in [0, 0.1) is 0 Å². The van der Waals surface area contributed by atoms with Crippen molar-refractivity contribution in [3.05, 3.63) is 64.8 Å². The zero-order valence-electron chi connectivity index (χ0n) is 18.6. The van der Waals surface area contributed by atoms with Crippen LogP contribution in [0.1, 0.15) is 35.3 Å². The Morgan fingerprint density at radius 2 is 1.59 bits per heavy atom. The van der Waals surface area contributed by atoms with Gasteiger partial charge in [0.1, 0.15) is 5.69 Å². The Hall–Kier alpha value is -3.17. The van der Waals surface area contributed by atoms with E-state index in [4.69, 9.17) is 11.6 Å². The summed E-state index contributed by atoms with van der Waals surface area (Å²) < 4.78 is 26.2. The molecule has 10 heteroatoms.